The van der Waals surface area contributed by atoms with Gasteiger partial charge >= 0.3 is 5.63 Å². The molecule has 29 heavy (non-hydrogen) atoms. The molecule has 1 amide bonds. The summed E-state index contributed by atoms with van der Waals surface area (Å²) >= 11 is 7.40. The first-order valence-electron chi connectivity index (χ1n) is 8.83. The van der Waals surface area contributed by atoms with Crippen molar-refractivity contribution >= 4 is 65.9 Å². The number of amides is 1. The zero-order chi connectivity index (χ0) is 20.1. The van der Waals surface area contributed by atoms with Crippen molar-refractivity contribution in [2.24, 2.45) is 0 Å². The summed E-state index contributed by atoms with van der Waals surface area (Å²) in [6.45, 7) is 1.91. The fraction of sp³-hybridized carbons (Fsp3) is 0.0455. The molecule has 0 aliphatic heterocycles. The van der Waals surface area contributed by atoms with E-state index in [1.165, 1.54) is 11.3 Å². The SMILES string of the molecule is Cc1cc(Cl)cc2sc(NC(=O)c3cc4c(ccc5ccccc54)oc3=O)nc12. The highest BCUT2D eigenvalue weighted by atomic mass is 35.5. The van der Waals surface area contributed by atoms with Crippen molar-refractivity contribution in [3.8, 4) is 0 Å². The largest absolute Gasteiger partial charge is 0.422 e. The van der Waals surface area contributed by atoms with Crippen LogP contribution in [0.15, 0.2) is 63.8 Å². The molecular formula is C22H13ClN2O3S. The number of rotatable bonds is 2. The van der Waals surface area contributed by atoms with Crippen molar-refractivity contribution in [1.82, 2.24) is 4.98 Å². The minimum Gasteiger partial charge on any atom is -0.422 e. The van der Waals surface area contributed by atoms with Crippen molar-refractivity contribution in [1.29, 1.82) is 0 Å². The van der Waals surface area contributed by atoms with Crippen LogP contribution in [0.25, 0.3) is 32.0 Å². The summed E-state index contributed by atoms with van der Waals surface area (Å²) in [5.74, 6) is -0.559. The van der Waals surface area contributed by atoms with Crippen LogP contribution in [0.2, 0.25) is 5.02 Å². The highest BCUT2D eigenvalue weighted by Crippen LogP contribution is 2.31. The number of hydrogen-bond donors (Lipinski definition) is 1. The van der Waals surface area contributed by atoms with Gasteiger partial charge in [0.2, 0.25) is 0 Å². The van der Waals surface area contributed by atoms with E-state index in [1.807, 2.05) is 43.3 Å². The lowest BCUT2D eigenvalue weighted by Crippen LogP contribution is -2.20. The van der Waals surface area contributed by atoms with E-state index in [2.05, 4.69) is 10.3 Å². The number of aromatic nitrogens is 1. The molecular weight excluding hydrogens is 408 g/mol. The summed E-state index contributed by atoms with van der Waals surface area (Å²) in [4.78, 5) is 29.7. The molecule has 0 saturated heterocycles. The van der Waals surface area contributed by atoms with E-state index >= 15 is 0 Å². The predicted octanol–water partition coefficient (Wildman–Crippen LogP) is 5.77. The molecule has 5 rings (SSSR count). The number of hydrogen-bond acceptors (Lipinski definition) is 5. The number of fused-ring (bicyclic) bond motifs is 4. The zero-order valence-electron chi connectivity index (χ0n) is 15.2. The molecule has 0 fully saturated rings. The van der Waals surface area contributed by atoms with Crippen LogP contribution in [0.1, 0.15) is 15.9 Å². The molecule has 0 radical (unpaired) electrons. The normalized spacial score (nSPS) is 11.4. The minimum absolute atomic E-state index is 0.0668. The smallest absolute Gasteiger partial charge is 0.349 e. The fourth-order valence-corrected chi connectivity index (χ4v) is 4.72. The van der Waals surface area contributed by atoms with Gasteiger partial charge in [-0.05, 0) is 47.5 Å². The van der Waals surface area contributed by atoms with E-state index in [0.29, 0.717) is 21.1 Å². The second kappa shape index (κ2) is 6.69. The van der Waals surface area contributed by atoms with Crippen LogP contribution < -0.4 is 10.9 Å². The Morgan fingerprint density at radius 1 is 1.10 bits per heavy atom. The van der Waals surface area contributed by atoms with E-state index in [4.69, 9.17) is 16.0 Å². The molecule has 2 heterocycles. The van der Waals surface area contributed by atoms with Crippen molar-refractivity contribution in [3.05, 3.63) is 81.2 Å². The predicted molar refractivity (Wildman–Crippen MR) is 117 cm³/mol. The van der Waals surface area contributed by atoms with Gasteiger partial charge in [0.15, 0.2) is 5.13 Å². The number of aryl methyl sites for hydroxylation is 1. The second-order valence-corrected chi connectivity index (χ2v) is 8.16. The number of anilines is 1. The number of benzene rings is 3. The molecule has 1 N–H and O–H groups in total. The zero-order valence-corrected chi connectivity index (χ0v) is 16.7. The first-order chi connectivity index (χ1) is 14.0. The number of nitrogens with zero attached hydrogens (tertiary/aromatic N) is 1. The van der Waals surface area contributed by atoms with Gasteiger partial charge in [-0.2, -0.15) is 0 Å². The van der Waals surface area contributed by atoms with Crippen LogP contribution in [0.3, 0.4) is 0 Å². The van der Waals surface area contributed by atoms with Crippen molar-refractivity contribution in [2.45, 2.75) is 6.92 Å². The summed E-state index contributed by atoms with van der Waals surface area (Å²) in [5.41, 5.74) is 1.37. The van der Waals surface area contributed by atoms with Gasteiger partial charge in [0.1, 0.15) is 11.1 Å². The van der Waals surface area contributed by atoms with Crippen LogP contribution in [0.4, 0.5) is 5.13 Å². The Bertz CT molecular complexity index is 1500. The number of halogens is 1. The third-order valence-electron chi connectivity index (χ3n) is 4.76. The van der Waals surface area contributed by atoms with Gasteiger partial charge in [0.05, 0.1) is 10.2 Å². The van der Waals surface area contributed by atoms with E-state index in [0.717, 1.165) is 26.6 Å². The number of nitrogens with one attached hydrogen (secondary N) is 1. The van der Waals surface area contributed by atoms with Crippen molar-refractivity contribution < 1.29 is 9.21 Å². The number of thiazole rings is 1. The van der Waals surface area contributed by atoms with Gasteiger partial charge in [0.25, 0.3) is 5.91 Å². The standard InChI is InChI=1S/C22H13ClN2O3S/c1-11-8-13(23)9-18-19(11)24-22(29-18)25-20(26)16-10-15-14-5-3-2-4-12(14)6-7-17(15)28-21(16)27/h2-10H,1H3,(H,24,25,26). The lowest BCUT2D eigenvalue weighted by molar-refractivity contribution is 0.102. The van der Waals surface area contributed by atoms with Crippen LogP contribution in [0, 0.1) is 6.92 Å². The quantitative estimate of drug-likeness (QED) is 0.290. The molecule has 5 nitrogen and oxygen atoms in total. The van der Waals surface area contributed by atoms with Gasteiger partial charge in [0, 0.05) is 10.4 Å². The molecule has 3 aromatic carbocycles. The Morgan fingerprint density at radius 2 is 1.93 bits per heavy atom. The summed E-state index contributed by atoms with van der Waals surface area (Å²) < 4.78 is 6.27. The Labute approximate surface area is 173 Å². The molecule has 7 heteroatoms. The number of carbonyl (C=O) groups excluding carboxylic acids is 1. The maximum Gasteiger partial charge on any atom is 0.349 e. The van der Waals surface area contributed by atoms with Crippen LogP contribution >= 0.6 is 22.9 Å². The molecule has 0 aliphatic rings. The van der Waals surface area contributed by atoms with E-state index in [-0.39, 0.29) is 5.56 Å². The highest BCUT2D eigenvalue weighted by Gasteiger charge is 2.17. The summed E-state index contributed by atoms with van der Waals surface area (Å²) in [6, 6.07) is 16.5. The molecule has 2 aromatic heterocycles. The molecule has 0 atom stereocenters. The highest BCUT2D eigenvalue weighted by molar-refractivity contribution is 7.22. The first-order valence-corrected chi connectivity index (χ1v) is 10.0. The van der Waals surface area contributed by atoms with Gasteiger partial charge in [-0.1, -0.05) is 53.3 Å². The molecule has 142 valence electrons. The minimum atomic E-state index is -0.689. The average molecular weight is 421 g/mol. The average Bonchev–Trinajstić information content (AvgIpc) is 3.09. The Morgan fingerprint density at radius 3 is 2.79 bits per heavy atom. The topological polar surface area (TPSA) is 72.2 Å². The van der Waals surface area contributed by atoms with E-state index in [1.54, 1.807) is 18.2 Å². The Balaban J connectivity index is 1.59. The van der Waals surface area contributed by atoms with Crippen LogP contribution in [-0.4, -0.2) is 10.9 Å². The van der Waals surface area contributed by atoms with Crippen LogP contribution in [0.5, 0.6) is 0 Å². The molecule has 0 bridgehead atoms. The molecule has 0 spiro atoms. The fourth-order valence-electron chi connectivity index (χ4n) is 3.40. The summed E-state index contributed by atoms with van der Waals surface area (Å²) in [6.07, 6.45) is 0. The third kappa shape index (κ3) is 3.06. The monoisotopic (exact) mass is 420 g/mol. The summed E-state index contributed by atoms with van der Waals surface area (Å²) in [5, 5.41) is 6.34. The van der Waals surface area contributed by atoms with Gasteiger partial charge in [-0.3, -0.25) is 10.1 Å². The second-order valence-electron chi connectivity index (χ2n) is 6.69. The molecule has 5 aromatic rings. The maximum absolute atomic E-state index is 12.8. The third-order valence-corrected chi connectivity index (χ3v) is 5.89. The van der Waals surface area contributed by atoms with Gasteiger partial charge < -0.3 is 4.42 Å². The first kappa shape index (κ1) is 17.8. The number of carbonyl (C=O) groups is 1. The van der Waals surface area contributed by atoms with E-state index in [9.17, 15) is 9.59 Å². The summed E-state index contributed by atoms with van der Waals surface area (Å²) in [7, 11) is 0. The Kier molecular flexibility index (Phi) is 4.12. The van der Waals surface area contributed by atoms with E-state index < -0.39 is 11.5 Å². The molecule has 0 unspecified atom stereocenters. The van der Waals surface area contributed by atoms with Gasteiger partial charge in [-0.25, -0.2) is 9.78 Å². The lowest BCUT2D eigenvalue weighted by atomic mass is 10.0. The molecule has 0 aliphatic carbocycles. The van der Waals surface area contributed by atoms with Crippen molar-refractivity contribution in [3.63, 3.8) is 0 Å². The maximum atomic E-state index is 12.8. The van der Waals surface area contributed by atoms with Crippen molar-refractivity contribution in [2.75, 3.05) is 5.32 Å². The van der Waals surface area contributed by atoms with Gasteiger partial charge in [-0.15, -0.1) is 0 Å². The Hall–Kier alpha value is -3.22. The lowest BCUT2D eigenvalue weighted by Gasteiger charge is -2.05. The molecule has 0 saturated carbocycles. The van der Waals surface area contributed by atoms with Crippen LogP contribution in [-0.2, 0) is 0 Å².